The van der Waals surface area contributed by atoms with Gasteiger partial charge in [0.15, 0.2) is 12.4 Å². The first kappa shape index (κ1) is 43.9. The van der Waals surface area contributed by atoms with Crippen LogP contribution in [0.5, 0.6) is 0 Å². The Labute approximate surface area is 265 Å². The van der Waals surface area contributed by atoms with Gasteiger partial charge >= 0.3 is 0 Å². The monoisotopic (exact) mass is 600 g/mol. The van der Waals surface area contributed by atoms with Crippen LogP contribution in [0.25, 0.3) is 0 Å². The highest BCUT2D eigenvalue weighted by atomic mass is 35.5. The van der Waals surface area contributed by atoms with Crippen LogP contribution in [0, 0.1) is 0 Å². The van der Waals surface area contributed by atoms with Gasteiger partial charge in [-0.05, 0) is 26.9 Å². The third kappa shape index (κ3) is 32.0. The number of rotatable bonds is 26. The van der Waals surface area contributed by atoms with Crippen LogP contribution < -0.4 is 17.0 Å². The van der Waals surface area contributed by atoms with Gasteiger partial charge in [-0.2, -0.15) is 0 Å². The lowest BCUT2D eigenvalue weighted by Crippen LogP contribution is -3.00. The molecule has 1 unspecified atom stereocenters. The van der Waals surface area contributed by atoms with Crippen molar-refractivity contribution >= 4 is 12.4 Å². The Morgan fingerprint density at radius 2 is 0.925 bits per heavy atom. The summed E-state index contributed by atoms with van der Waals surface area (Å²) in [4.78, 5) is 2.26. The first-order valence-electron chi connectivity index (χ1n) is 16.9. The fraction of sp³-hybridized carbons (Fsp3) is 0.806. The van der Waals surface area contributed by atoms with Gasteiger partial charge in [-0.1, -0.05) is 154 Å². The number of pyridine rings is 1. The molecule has 1 aromatic heterocycles. The fourth-order valence-electron chi connectivity index (χ4n) is 5.15. The molecule has 1 heterocycles. The fourth-order valence-corrected chi connectivity index (χ4v) is 5.15. The molecular weight excluding hydrogens is 531 g/mol. The Morgan fingerprint density at radius 3 is 1.27 bits per heavy atom. The smallest absolute Gasteiger partial charge is 0.168 e. The summed E-state index contributed by atoms with van der Waals surface area (Å²) in [5.74, 6) is 0. The maximum absolute atomic E-state index is 3.89. The van der Waals surface area contributed by atoms with Gasteiger partial charge in [0, 0.05) is 24.6 Å². The molecule has 1 aromatic rings. The van der Waals surface area contributed by atoms with E-state index in [1.807, 2.05) is 0 Å². The molecule has 0 amide bonds. The molecule has 0 saturated carbocycles. The van der Waals surface area contributed by atoms with E-state index in [1.165, 1.54) is 154 Å². The predicted molar refractivity (Wildman–Crippen MR) is 179 cm³/mol. The van der Waals surface area contributed by atoms with Crippen molar-refractivity contribution in [2.24, 2.45) is 0 Å². The summed E-state index contributed by atoms with van der Waals surface area (Å²) in [7, 11) is 4.27. The standard InChI is InChI=1S/C21H38N.C15H31N.2ClH/c1-2-3-4-5-6-7-8-9-10-11-12-13-14-16-19-22-20-17-15-18-21-22;1-5-7-8-9-10-11-12-13-14-15(6-2)16(3)4;;/h15,17-18,20-21H,2-14,16,19H2,1H3;6,15H,2,5,7-14H2,1,3-4H3;2*1H/q+1;;;/p-1. The van der Waals surface area contributed by atoms with Crippen molar-refractivity contribution in [3.63, 3.8) is 0 Å². The van der Waals surface area contributed by atoms with Gasteiger partial charge in [-0.15, -0.1) is 19.0 Å². The van der Waals surface area contributed by atoms with Crippen LogP contribution in [-0.4, -0.2) is 25.0 Å². The number of nitrogens with zero attached hydrogens (tertiary/aromatic N) is 2. The average Bonchev–Trinajstić information content (AvgIpc) is 2.93. The van der Waals surface area contributed by atoms with Crippen LogP contribution in [0.4, 0.5) is 0 Å². The molecule has 0 aliphatic heterocycles. The molecule has 0 N–H and O–H groups in total. The highest BCUT2D eigenvalue weighted by Crippen LogP contribution is 2.14. The molecule has 238 valence electrons. The predicted octanol–water partition coefficient (Wildman–Crippen LogP) is 8.51. The number of halogens is 2. The number of aryl methyl sites for hydroxylation is 1. The van der Waals surface area contributed by atoms with E-state index in [2.05, 4.69) is 80.7 Å². The average molecular weight is 602 g/mol. The number of hydrogen-bond donors (Lipinski definition) is 0. The van der Waals surface area contributed by atoms with E-state index in [0.717, 1.165) is 0 Å². The minimum absolute atomic E-state index is 0. The lowest BCUT2D eigenvalue weighted by molar-refractivity contribution is -0.697. The molecule has 0 spiro atoms. The summed E-state index contributed by atoms with van der Waals surface area (Å²) < 4.78 is 2.29. The van der Waals surface area contributed by atoms with Crippen molar-refractivity contribution in [3.05, 3.63) is 43.2 Å². The van der Waals surface area contributed by atoms with Crippen LogP contribution >= 0.6 is 12.4 Å². The van der Waals surface area contributed by atoms with Gasteiger partial charge in [0.05, 0.1) is 0 Å². The molecular formula is C36H70Cl2N2. The Balaban J connectivity index is -0.000000683. The molecule has 0 aliphatic rings. The molecule has 2 nitrogen and oxygen atoms in total. The molecule has 0 aromatic carbocycles. The molecule has 0 fully saturated rings. The quantitative estimate of drug-likeness (QED) is 0.0587. The molecule has 0 aliphatic carbocycles. The van der Waals surface area contributed by atoms with E-state index in [0.29, 0.717) is 6.04 Å². The second kappa shape index (κ2) is 36.5. The van der Waals surface area contributed by atoms with E-state index < -0.39 is 0 Å². The second-order valence-electron chi connectivity index (χ2n) is 11.7. The number of hydrogen-bond acceptors (Lipinski definition) is 1. The van der Waals surface area contributed by atoms with E-state index in [9.17, 15) is 0 Å². The van der Waals surface area contributed by atoms with Gasteiger partial charge < -0.3 is 17.3 Å². The van der Waals surface area contributed by atoms with Crippen molar-refractivity contribution in [1.29, 1.82) is 0 Å². The van der Waals surface area contributed by atoms with Crippen LogP contribution in [0.3, 0.4) is 0 Å². The molecule has 4 heteroatoms. The summed E-state index contributed by atoms with van der Waals surface area (Å²) in [6, 6.07) is 6.88. The summed E-state index contributed by atoms with van der Waals surface area (Å²) in [5, 5.41) is 0. The van der Waals surface area contributed by atoms with Gasteiger partial charge in [0.2, 0.25) is 0 Å². The SMILES string of the molecule is C=CC(CCCCCCCCCC)N(C)C.CCCCCCCCCCCCCCCC[n+]1ccccc1.Cl.[Cl-]. The summed E-state index contributed by atoms with van der Waals surface area (Å²) in [6.07, 6.45) is 39.0. The minimum atomic E-state index is 0. The van der Waals surface area contributed by atoms with Crippen LogP contribution in [-0.2, 0) is 6.54 Å². The normalized spacial score (nSPS) is 11.2. The van der Waals surface area contributed by atoms with Crippen LogP contribution in [0.15, 0.2) is 43.2 Å². The lowest BCUT2D eigenvalue weighted by atomic mass is 10.0. The number of aromatic nitrogens is 1. The zero-order valence-corrected chi connectivity index (χ0v) is 29.0. The third-order valence-corrected chi connectivity index (χ3v) is 7.84. The largest absolute Gasteiger partial charge is 1.00 e. The molecule has 0 radical (unpaired) electrons. The Hall–Kier alpha value is -0.570. The van der Waals surface area contributed by atoms with Crippen molar-refractivity contribution in [3.8, 4) is 0 Å². The van der Waals surface area contributed by atoms with E-state index in [1.54, 1.807) is 0 Å². The highest BCUT2D eigenvalue weighted by Gasteiger charge is 2.05. The van der Waals surface area contributed by atoms with Crippen molar-refractivity contribution in [1.82, 2.24) is 4.90 Å². The maximum atomic E-state index is 3.89. The van der Waals surface area contributed by atoms with E-state index >= 15 is 0 Å². The Kier molecular flexibility index (Phi) is 40.0. The zero-order chi connectivity index (χ0) is 27.9. The van der Waals surface area contributed by atoms with E-state index in [4.69, 9.17) is 0 Å². The van der Waals surface area contributed by atoms with Gasteiger partial charge in [0.1, 0.15) is 6.54 Å². The first-order chi connectivity index (χ1) is 18.7. The Bertz CT molecular complexity index is 579. The topological polar surface area (TPSA) is 7.12 Å². The summed E-state index contributed by atoms with van der Waals surface area (Å²) >= 11 is 0. The Morgan fingerprint density at radius 1 is 0.575 bits per heavy atom. The third-order valence-electron chi connectivity index (χ3n) is 7.84. The second-order valence-corrected chi connectivity index (χ2v) is 11.7. The van der Waals surface area contributed by atoms with Crippen molar-refractivity contribution < 1.29 is 17.0 Å². The summed E-state index contributed by atoms with van der Waals surface area (Å²) in [5.41, 5.74) is 0. The summed E-state index contributed by atoms with van der Waals surface area (Å²) in [6.45, 7) is 9.64. The molecule has 0 bridgehead atoms. The number of unbranched alkanes of at least 4 members (excludes halogenated alkanes) is 20. The van der Waals surface area contributed by atoms with Crippen LogP contribution in [0.1, 0.15) is 162 Å². The zero-order valence-electron chi connectivity index (χ0n) is 27.4. The molecule has 1 rings (SSSR count). The van der Waals surface area contributed by atoms with Crippen molar-refractivity contribution in [2.75, 3.05) is 14.1 Å². The minimum Gasteiger partial charge on any atom is -1.00 e. The highest BCUT2D eigenvalue weighted by molar-refractivity contribution is 5.85. The van der Waals surface area contributed by atoms with Gasteiger partial charge in [-0.25, -0.2) is 4.57 Å². The molecule has 40 heavy (non-hydrogen) atoms. The van der Waals surface area contributed by atoms with Crippen molar-refractivity contribution in [2.45, 2.75) is 174 Å². The van der Waals surface area contributed by atoms with Gasteiger partial charge in [0.25, 0.3) is 0 Å². The first-order valence-corrected chi connectivity index (χ1v) is 16.9. The van der Waals surface area contributed by atoms with Gasteiger partial charge in [-0.3, -0.25) is 0 Å². The van der Waals surface area contributed by atoms with E-state index in [-0.39, 0.29) is 24.8 Å². The van der Waals surface area contributed by atoms with Crippen LogP contribution in [0.2, 0.25) is 0 Å². The molecule has 1 atom stereocenters. The maximum Gasteiger partial charge on any atom is 0.168 e. The molecule has 0 saturated heterocycles. The lowest BCUT2D eigenvalue weighted by Gasteiger charge is -2.20. The number of likely N-dealkylation sites (N-methyl/N-ethyl adjacent to an activating group) is 1.